The van der Waals surface area contributed by atoms with E-state index in [-0.39, 0.29) is 6.04 Å². The molecule has 1 heterocycles. The Bertz CT molecular complexity index is 269. The predicted molar refractivity (Wildman–Crippen MR) is 67.1 cm³/mol. The van der Waals surface area contributed by atoms with Crippen LogP contribution in [-0.2, 0) is 0 Å². The van der Waals surface area contributed by atoms with Crippen molar-refractivity contribution < 1.29 is 0 Å². The molecule has 2 nitrogen and oxygen atoms in total. The number of nitrogens with zero attached hydrogens (tertiary/aromatic N) is 1. The van der Waals surface area contributed by atoms with Gasteiger partial charge in [0, 0.05) is 12.2 Å². The second-order valence-corrected chi connectivity index (χ2v) is 4.89. The molecule has 15 heavy (non-hydrogen) atoms. The summed E-state index contributed by atoms with van der Waals surface area (Å²) >= 11 is 1.83. The van der Waals surface area contributed by atoms with Gasteiger partial charge in [-0.3, -0.25) is 0 Å². The maximum absolute atomic E-state index is 5.76. The van der Waals surface area contributed by atoms with Gasteiger partial charge >= 0.3 is 0 Å². The molecule has 0 spiro atoms. The Labute approximate surface area is 96.7 Å². The first-order valence-corrected chi connectivity index (χ1v) is 6.57. The van der Waals surface area contributed by atoms with Gasteiger partial charge in [-0.2, -0.15) is 0 Å². The van der Waals surface area contributed by atoms with Crippen LogP contribution in [0.1, 0.15) is 44.7 Å². The maximum Gasteiger partial charge on any atom is 0.0960 e. The zero-order chi connectivity index (χ0) is 11.1. The summed E-state index contributed by atoms with van der Waals surface area (Å²) in [7, 11) is 0. The van der Waals surface area contributed by atoms with Crippen molar-refractivity contribution >= 4 is 11.8 Å². The fourth-order valence-electron chi connectivity index (χ4n) is 1.28. The van der Waals surface area contributed by atoms with Crippen LogP contribution < -0.4 is 5.73 Å². The van der Waals surface area contributed by atoms with Crippen molar-refractivity contribution in [2.75, 3.05) is 5.75 Å². The molecule has 1 aromatic rings. The summed E-state index contributed by atoms with van der Waals surface area (Å²) in [4.78, 5) is 4.38. The summed E-state index contributed by atoms with van der Waals surface area (Å²) in [6, 6.07) is 4.21. The lowest BCUT2D eigenvalue weighted by molar-refractivity contribution is 0.777. The molecule has 0 aliphatic heterocycles. The quantitative estimate of drug-likeness (QED) is 0.594. The van der Waals surface area contributed by atoms with Crippen molar-refractivity contribution in [2.24, 2.45) is 5.73 Å². The minimum atomic E-state index is 0.0802. The third-order valence-electron chi connectivity index (χ3n) is 2.28. The standard InChI is InChI=1S/C12H20N2S/c1-3-4-5-8-15-12-7-6-11(9-14-12)10(2)13/h6-7,9-10H,3-5,8,13H2,1-2H3/t10-/m0/s1. The molecule has 0 aromatic carbocycles. The molecule has 0 saturated carbocycles. The van der Waals surface area contributed by atoms with Crippen molar-refractivity contribution in [1.29, 1.82) is 0 Å². The van der Waals surface area contributed by atoms with E-state index >= 15 is 0 Å². The van der Waals surface area contributed by atoms with E-state index in [1.54, 1.807) is 0 Å². The Morgan fingerprint density at radius 3 is 2.73 bits per heavy atom. The molecule has 0 radical (unpaired) electrons. The van der Waals surface area contributed by atoms with Crippen molar-refractivity contribution in [3.63, 3.8) is 0 Å². The average Bonchev–Trinajstić information content (AvgIpc) is 2.25. The van der Waals surface area contributed by atoms with Gasteiger partial charge < -0.3 is 5.73 Å². The predicted octanol–water partition coefficient (Wildman–Crippen LogP) is 3.38. The molecule has 1 aromatic heterocycles. The molecule has 1 rings (SSSR count). The van der Waals surface area contributed by atoms with E-state index in [0.717, 1.165) is 10.6 Å². The highest BCUT2D eigenvalue weighted by atomic mass is 32.2. The number of thioether (sulfide) groups is 1. The maximum atomic E-state index is 5.76. The van der Waals surface area contributed by atoms with Gasteiger partial charge in [-0.25, -0.2) is 4.98 Å². The van der Waals surface area contributed by atoms with E-state index in [4.69, 9.17) is 5.73 Å². The van der Waals surface area contributed by atoms with Gasteiger partial charge in [-0.05, 0) is 30.7 Å². The molecular weight excluding hydrogens is 204 g/mol. The van der Waals surface area contributed by atoms with E-state index in [1.165, 1.54) is 25.0 Å². The second-order valence-electron chi connectivity index (χ2n) is 3.77. The van der Waals surface area contributed by atoms with Gasteiger partial charge in [0.25, 0.3) is 0 Å². The first kappa shape index (κ1) is 12.5. The third-order valence-corrected chi connectivity index (χ3v) is 3.31. The molecule has 0 saturated heterocycles. The molecule has 0 bridgehead atoms. The van der Waals surface area contributed by atoms with Crippen LogP contribution in [0.4, 0.5) is 0 Å². The Balaban J connectivity index is 2.36. The van der Waals surface area contributed by atoms with Crippen LogP contribution in [0.25, 0.3) is 0 Å². The number of pyridine rings is 1. The summed E-state index contributed by atoms with van der Waals surface area (Å²) < 4.78 is 0. The monoisotopic (exact) mass is 224 g/mol. The molecule has 84 valence electrons. The fraction of sp³-hybridized carbons (Fsp3) is 0.583. The minimum absolute atomic E-state index is 0.0802. The van der Waals surface area contributed by atoms with E-state index < -0.39 is 0 Å². The first-order valence-electron chi connectivity index (χ1n) is 5.58. The Morgan fingerprint density at radius 2 is 2.20 bits per heavy atom. The number of unbranched alkanes of at least 4 members (excludes halogenated alkanes) is 2. The van der Waals surface area contributed by atoms with Gasteiger partial charge in [0.05, 0.1) is 5.03 Å². The smallest absolute Gasteiger partial charge is 0.0960 e. The van der Waals surface area contributed by atoms with Gasteiger partial charge in [0.2, 0.25) is 0 Å². The van der Waals surface area contributed by atoms with Crippen LogP contribution in [0.3, 0.4) is 0 Å². The minimum Gasteiger partial charge on any atom is -0.324 e. The van der Waals surface area contributed by atoms with Gasteiger partial charge in [0.15, 0.2) is 0 Å². The van der Waals surface area contributed by atoms with E-state index in [2.05, 4.69) is 24.0 Å². The average molecular weight is 224 g/mol. The van der Waals surface area contributed by atoms with Gasteiger partial charge in [-0.1, -0.05) is 25.8 Å². The molecule has 1 atom stereocenters. The molecule has 3 heteroatoms. The lowest BCUT2D eigenvalue weighted by Gasteiger charge is -2.05. The van der Waals surface area contributed by atoms with Gasteiger partial charge in [0.1, 0.15) is 0 Å². The summed E-state index contributed by atoms with van der Waals surface area (Å²) in [5, 5.41) is 1.11. The van der Waals surface area contributed by atoms with Crippen LogP contribution in [0.2, 0.25) is 0 Å². The van der Waals surface area contributed by atoms with Gasteiger partial charge in [-0.15, -0.1) is 11.8 Å². The summed E-state index contributed by atoms with van der Waals surface area (Å²) in [5.74, 6) is 1.17. The third kappa shape index (κ3) is 4.67. The Morgan fingerprint density at radius 1 is 1.40 bits per heavy atom. The van der Waals surface area contributed by atoms with Crippen LogP contribution in [0.5, 0.6) is 0 Å². The fourth-order valence-corrected chi connectivity index (χ4v) is 2.12. The first-order chi connectivity index (χ1) is 7.24. The molecule has 0 aliphatic rings. The number of nitrogens with two attached hydrogens (primary N) is 1. The molecule has 0 unspecified atom stereocenters. The van der Waals surface area contributed by atoms with Crippen LogP contribution in [0.15, 0.2) is 23.4 Å². The molecule has 0 fully saturated rings. The highest BCUT2D eigenvalue weighted by Gasteiger charge is 2.00. The number of aromatic nitrogens is 1. The summed E-state index contributed by atoms with van der Waals surface area (Å²) in [5.41, 5.74) is 6.86. The van der Waals surface area contributed by atoms with E-state index in [1.807, 2.05) is 24.9 Å². The number of rotatable bonds is 6. The summed E-state index contributed by atoms with van der Waals surface area (Å²) in [6.07, 6.45) is 5.74. The zero-order valence-corrected chi connectivity index (χ0v) is 10.4. The highest BCUT2D eigenvalue weighted by molar-refractivity contribution is 7.99. The van der Waals surface area contributed by atoms with Crippen molar-refractivity contribution in [1.82, 2.24) is 4.98 Å². The highest BCUT2D eigenvalue weighted by Crippen LogP contribution is 2.18. The number of hydrogen-bond acceptors (Lipinski definition) is 3. The topological polar surface area (TPSA) is 38.9 Å². The Hall–Kier alpha value is -0.540. The van der Waals surface area contributed by atoms with Crippen molar-refractivity contribution in [3.8, 4) is 0 Å². The number of hydrogen-bond donors (Lipinski definition) is 1. The lowest BCUT2D eigenvalue weighted by atomic mass is 10.2. The largest absolute Gasteiger partial charge is 0.324 e. The van der Waals surface area contributed by atoms with Crippen molar-refractivity contribution in [2.45, 2.75) is 44.2 Å². The molecule has 2 N–H and O–H groups in total. The normalized spacial score (nSPS) is 12.7. The summed E-state index contributed by atoms with van der Waals surface area (Å²) in [6.45, 7) is 4.20. The molecule has 0 amide bonds. The Kier molecular flexibility index (Phi) is 5.73. The van der Waals surface area contributed by atoms with Crippen molar-refractivity contribution in [3.05, 3.63) is 23.9 Å². The SMILES string of the molecule is CCCCCSc1ccc([C@H](C)N)cn1. The van der Waals surface area contributed by atoms with Crippen LogP contribution >= 0.6 is 11.8 Å². The second kappa shape index (κ2) is 6.85. The van der Waals surface area contributed by atoms with E-state index in [0.29, 0.717) is 0 Å². The lowest BCUT2D eigenvalue weighted by Crippen LogP contribution is -2.05. The van der Waals surface area contributed by atoms with Crippen LogP contribution in [0, 0.1) is 0 Å². The molecule has 0 aliphatic carbocycles. The van der Waals surface area contributed by atoms with E-state index in [9.17, 15) is 0 Å². The van der Waals surface area contributed by atoms with Crippen LogP contribution in [-0.4, -0.2) is 10.7 Å². The zero-order valence-electron chi connectivity index (χ0n) is 9.57. The molecular formula is C12H20N2S.